The van der Waals surface area contributed by atoms with Crippen molar-refractivity contribution in [2.75, 3.05) is 11.4 Å². The number of hydrogen-bond acceptors (Lipinski definition) is 2. The lowest BCUT2D eigenvalue weighted by Gasteiger charge is -2.36. The first-order valence-corrected chi connectivity index (χ1v) is 6.03. The summed E-state index contributed by atoms with van der Waals surface area (Å²) < 4.78 is 6.35. The van der Waals surface area contributed by atoms with E-state index in [1.165, 1.54) is 0 Å². The van der Waals surface area contributed by atoms with E-state index in [4.69, 9.17) is 4.74 Å². The summed E-state index contributed by atoms with van der Waals surface area (Å²) >= 11 is 3.37. The molecule has 16 heavy (non-hydrogen) atoms. The molecule has 86 valence electrons. The Bertz CT molecular complexity index is 400. The van der Waals surface area contributed by atoms with Crippen LogP contribution in [0.2, 0.25) is 0 Å². The van der Waals surface area contributed by atoms with Crippen molar-refractivity contribution < 1.29 is 9.53 Å². The van der Waals surface area contributed by atoms with Gasteiger partial charge in [0.1, 0.15) is 5.60 Å². The SMILES string of the molecule is CC1(C)CCN(c2ccc(Br)cc2)C(=O)O1. The molecule has 1 aliphatic rings. The summed E-state index contributed by atoms with van der Waals surface area (Å²) in [6.07, 6.45) is 0.577. The zero-order chi connectivity index (χ0) is 11.8. The average Bonchev–Trinajstić information content (AvgIpc) is 2.19. The molecule has 1 amide bonds. The van der Waals surface area contributed by atoms with Gasteiger partial charge in [0.15, 0.2) is 0 Å². The Labute approximate surface area is 104 Å². The summed E-state index contributed by atoms with van der Waals surface area (Å²) in [4.78, 5) is 13.5. The molecule has 0 radical (unpaired) electrons. The summed E-state index contributed by atoms with van der Waals surface area (Å²) in [5, 5.41) is 0. The van der Waals surface area contributed by atoms with Gasteiger partial charge in [-0.3, -0.25) is 4.90 Å². The fourth-order valence-corrected chi connectivity index (χ4v) is 1.93. The molecule has 1 aliphatic heterocycles. The van der Waals surface area contributed by atoms with Crippen molar-refractivity contribution in [2.24, 2.45) is 0 Å². The fourth-order valence-electron chi connectivity index (χ4n) is 1.67. The third-order valence-electron chi connectivity index (χ3n) is 2.66. The minimum atomic E-state index is -0.344. The summed E-state index contributed by atoms with van der Waals surface area (Å²) in [6.45, 7) is 4.57. The maximum Gasteiger partial charge on any atom is 0.414 e. The van der Waals surface area contributed by atoms with Crippen LogP contribution in [0.15, 0.2) is 28.7 Å². The number of halogens is 1. The smallest absolute Gasteiger partial charge is 0.414 e. The molecule has 2 rings (SSSR count). The maximum atomic E-state index is 11.8. The van der Waals surface area contributed by atoms with Crippen LogP contribution in [0.5, 0.6) is 0 Å². The molecule has 1 saturated heterocycles. The maximum absolute atomic E-state index is 11.8. The van der Waals surface area contributed by atoms with Crippen molar-refractivity contribution in [3.8, 4) is 0 Å². The number of anilines is 1. The minimum absolute atomic E-state index is 0.265. The molecule has 0 saturated carbocycles. The van der Waals surface area contributed by atoms with E-state index < -0.39 is 0 Å². The van der Waals surface area contributed by atoms with Crippen molar-refractivity contribution in [2.45, 2.75) is 25.9 Å². The molecule has 0 spiro atoms. The Morgan fingerprint density at radius 1 is 1.31 bits per heavy atom. The van der Waals surface area contributed by atoms with Crippen LogP contribution >= 0.6 is 15.9 Å². The van der Waals surface area contributed by atoms with Crippen LogP contribution in [-0.4, -0.2) is 18.2 Å². The average molecular weight is 284 g/mol. The van der Waals surface area contributed by atoms with Gasteiger partial charge in [-0.25, -0.2) is 4.79 Å². The second-order valence-electron chi connectivity index (χ2n) is 4.51. The molecule has 0 N–H and O–H groups in total. The summed E-state index contributed by atoms with van der Waals surface area (Å²) in [7, 11) is 0. The Kier molecular flexibility index (Phi) is 2.93. The van der Waals surface area contributed by atoms with Crippen LogP contribution in [0.4, 0.5) is 10.5 Å². The highest BCUT2D eigenvalue weighted by atomic mass is 79.9. The monoisotopic (exact) mass is 283 g/mol. The second-order valence-corrected chi connectivity index (χ2v) is 5.42. The molecule has 1 aromatic carbocycles. The predicted octanol–water partition coefficient (Wildman–Crippen LogP) is 3.57. The number of benzene rings is 1. The number of nitrogens with zero attached hydrogens (tertiary/aromatic N) is 1. The number of cyclic esters (lactones) is 1. The fraction of sp³-hybridized carbons (Fsp3) is 0.417. The van der Waals surface area contributed by atoms with Crippen molar-refractivity contribution in [3.05, 3.63) is 28.7 Å². The van der Waals surface area contributed by atoms with E-state index in [-0.39, 0.29) is 11.7 Å². The molecule has 0 bridgehead atoms. The van der Waals surface area contributed by atoms with Crippen LogP contribution in [0.3, 0.4) is 0 Å². The molecule has 1 heterocycles. The van der Waals surface area contributed by atoms with Crippen LogP contribution in [-0.2, 0) is 4.74 Å². The van der Waals surface area contributed by atoms with E-state index in [0.717, 1.165) is 16.6 Å². The van der Waals surface area contributed by atoms with Crippen LogP contribution in [0.1, 0.15) is 20.3 Å². The number of carbonyl (C=O) groups excluding carboxylic acids is 1. The lowest BCUT2D eigenvalue weighted by molar-refractivity contribution is 0.0236. The Hall–Kier alpha value is -1.03. The largest absolute Gasteiger partial charge is 0.443 e. The van der Waals surface area contributed by atoms with E-state index in [0.29, 0.717) is 6.54 Å². The third-order valence-corrected chi connectivity index (χ3v) is 3.19. The van der Waals surface area contributed by atoms with Crippen molar-refractivity contribution in [3.63, 3.8) is 0 Å². The molecule has 3 nitrogen and oxygen atoms in total. The van der Waals surface area contributed by atoms with E-state index in [9.17, 15) is 4.79 Å². The van der Waals surface area contributed by atoms with Gasteiger partial charge in [0, 0.05) is 23.1 Å². The quantitative estimate of drug-likeness (QED) is 0.789. The lowest BCUT2D eigenvalue weighted by Crippen LogP contribution is -2.46. The standard InChI is InChI=1S/C12H14BrNO2/c1-12(2)7-8-14(11(15)16-12)10-5-3-9(13)4-6-10/h3-6H,7-8H2,1-2H3. The first-order chi connectivity index (χ1) is 7.48. The highest BCUT2D eigenvalue weighted by molar-refractivity contribution is 9.10. The molecule has 0 atom stereocenters. The molecular formula is C12H14BrNO2. The van der Waals surface area contributed by atoms with Crippen molar-refractivity contribution in [1.29, 1.82) is 0 Å². The molecule has 0 aromatic heterocycles. The number of hydrogen-bond donors (Lipinski definition) is 0. The summed E-state index contributed by atoms with van der Waals surface area (Å²) in [5.41, 5.74) is 0.534. The topological polar surface area (TPSA) is 29.5 Å². The van der Waals surface area contributed by atoms with Gasteiger partial charge < -0.3 is 4.74 Å². The zero-order valence-electron chi connectivity index (χ0n) is 9.37. The first-order valence-electron chi connectivity index (χ1n) is 5.24. The molecule has 0 aliphatic carbocycles. The number of ether oxygens (including phenoxy) is 1. The minimum Gasteiger partial charge on any atom is -0.443 e. The van der Waals surface area contributed by atoms with Crippen LogP contribution in [0, 0.1) is 0 Å². The highest BCUT2D eigenvalue weighted by Crippen LogP contribution is 2.27. The van der Waals surface area contributed by atoms with Crippen molar-refractivity contribution in [1.82, 2.24) is 0 Å². The normalized spacial score (nSPS) is 19.4. The Balaban J connectivity index is 2.17. The molecule has 4 heteroatoms. The van der Waals surface area contributed by atoms with Gasteiger partial charge in [0.2, 0.25) is 0 Å². The summed E-state index contributed by atoms with van der Waals surface area (Å²) in [6, 6.07) is 7.65. The Morgan fingerprint density at radius 2 is 1.94 bits per heavy atom. The predicted molar refractivity (Wildman–Crippen MR) is 66.7 cm³/mol. The number of rotatable bonds is 1. The third kappa shape index (κ3) is 2.38. The van der Waals surface area contributed by atoms with E-state index in [1.54, 1.807) is 4.90 Å². The number of carbonyl (C=O) groups is 1. The van der Waals surface area contributed by atoms with Gasteiger partial charge in [-0.2, -0.15) is 0 Å². The van der Waals surface area contributed by atoms with Gasteiger partial charge >= 0.3 is 6.09 Å². The van der Waals surface area contributed by atoms with Gasteiger partial charge in [-0.05, 0) is 38.1 Å². The van der Waals surface area contributed by atoms with Crippen LogP contribution < -0.4 is 4.90 Å². The highest BCUT2D eigenvalue weighted by Gasteiger charge is 2.33. The first kappa shape index (κ1) is 11.5. The van der Waals surface area contributed by atoms with E-state index in [2.05, 4.69) is 15.9 Å². The summed E-state index contributed by atoms with van der Waals surface area (Å²) in [5.74, 6) is 0. The van der Waals surface area contributed by atoms with Gasteiger partial charge in [0.05, 0.1) is 0 Å². The molecule has 1 aromatic rings. The molecule has 1 fully saturated rings. The van der Waals surface area contributed by atoms with Crippen molar-refractivity contribution >= 4 is 27.7 Å². The lowest BCUT2D eigenvalue weighted by atomic mass is 10.0. The second kappa shape index (κ2) is 4.09. The number of amides is 1. The molecular weight excluding hydrogens is 270 g/mol. The van der Waals surface area contributed by atoms with Gasteiger partial charge in [-0.15, -0.1) is 0 Å². The van der Waals surface area contributed by atoms with Gasteiger partial charge in [-0.1, -0.05) is 15.9 Å². The van der Waals surface area contributed by atoms with Crippen LogP contribution in [0.25, 0.3) is 0 Å². The zero-order valence-corrected chi connectivity index (χ0v) is 11.0. The Morgan fingerprint density at radius 3 is 2.50 bits per heavy atom. The van der Waals surface area contributed by atoms with E-state index >= 15 is 0 Å². The van der Waals surface area contributed by atoms with Gasteiger partial charge in [0.25, 0.3) is 0 Å². The van der Waals surface area contributed by atoms with E-state index in [1.807, 2.05) is 38.1 Å². The molecule has 0 unspecified atom stereocenters.